The third kappa shape index (κ3) is 3.03. The van der Waals surface area contributed by atoms with Gasteiger partial charge in [-0.25, -0.2) is 4.79 Å². The fraction of sp³-hybridized carbons (Fsp3) is 0.0455. The van der Waals surface area contributed by atoms with Crippen molar-refractivity contribution in [2.24, 2.45) is 0 Å². The van der Waals surface area contributed by atoms with Crippen LogP contribution in [0.15, 0.2) is 77.3 Å². The second-order valence-electron chi connectivity index (χ2n) is 6.05. The van der Waals surface area contributed by atoms with Crippen LogP contribution in [0.5, 0.6) is 5.75 Å². The van der Waals surface area contributed by atoms with E-state index in [9.17, 15) is 4.79 Å². The zero-order valence-corrected chi connectivity index (χ0v) is 15.2. The van der Waals surface area contributed by atoms with Gasteiger partial charge in [-0.15, -0.1) is 0 Å². The smallest absolute Gasteiger partial charge is 0.343 e. The molecule has 0 N–H and O–H groups in total. The third-order valence-corrected chi connectivity index (χ3v) is 4.75. The number of benzene rings is 4. The minimum absolute atomic E-state index is 0.349. The Kier molecular flexibility index (Phi) is 4.02. The van der Waals surface area contributed by atoms with Gasteiger partial charge in [-0.2, -0.15) is 0 Å². The van der Waals surface area contributed by atoms with Crippen LogP contribution in [-0.4, -0.2) is 5.97 Å². The van der Waals surface area contributed by atoms with Gasteiger partial charge in [-0.1, -0.05) is 64.0 Å². The molecule has 0 spiro atoms. The predicted octanol–water partition coefficient (Wildman–Crippen LogP) is 6.28. The minimum atomic E-state index is -0.349. The Morgan fingerprint density at radius 1 is 0.840 bits per heavy atom. The fourth-order valence-electron chi connectivity index (χ4n) is 2.94. The lowest BCUT2D eigenvalue weighted by Gasteiger charge is -2.12. The van der Waals surface area contributed by atoms with Gasteiger partial charge in [0.2, 0.25) is 0 Å². The summed E-state index contributed by atoms with van der Waals surface area (Å²) in [7, 11) is 0. The van der Waals surface area contributed by atoms with Crippen molar-refractivity contribution in [2.45, 2.75) is 6.92 Å². The minimum Gasteiger partial charge on any atom is -0.422 e. The van der Waals surface area contributed by atoms with E-state index in [1.54, 1.807) is 12.1 Å². The molecule has 25 heavy (non-hydrogen) atoms. The predicted molar refractivity (Wildman–Crippen MR) is 105 cm³/mol. The lowest BCUT2D eigenvalue weighted by atomic mass is 10.0. The first kappa shape index (κ1) is 15.9. The summed E-state index contributed by atoms with van der Waals surface area (Å²) in [5.74, 6) is 0.248. The van der Waals surface area contributed by atoms with E-state index in [0.29, 0.717) is 11.3 Å². The zero-order chi connectivity index (χ0) is 17.4. The number of hydrogen-bond acceptors (Lipinski definition) is 2. The third-order valence-electron chi connectivity index (χ3n) is 4.26. The summed E-state index contributed by atoms with van der Waals surface area (Å²) < 4.78 is 6.81. The molecular weight excluding hydrogens is 376 g/mol. The number of carbonyl (C=O) groups excluding carboxylic acids is 1. The monoisotopic (exact) mass is 390 g/mol. The van der Waals surface area contributed by atoms with Crippen molar-refractivity contribution in [2.75, 3.05) is 0 Å². The van der Waals surface area contributed by atoms with Crippen molar-refractivity contribution >= 4 is 43.4 Å². The molecule has 4 aromatic rings. The maximum Gasteiger partial charge on any atom is 0.343 e. The molecule has 3 heteroatoms. The van der Waals surface area contributed by atoms with Crippen LogP contribution in [0.1, 0.15) is 15.9 Å². The maximum atomic E-state index is 12.7. The van der Waals surface area contributed by atoms with E-state index in [2.05, 4.69) is 22.0 Å². The molecule has 0 aromatic heterocycles. The Bertz CT molecular complexity index is 1100. The van der Waals surface area contributed by atoms with Crippen LogP contribution in [-0.2, 0) is 0 Å². The summed E-state index contributed by atoms with van der Waals surface area (Å²) in [4.78, 5) is 12.7. The number of rotatable bonds is 2. The van der Waals surface area contributed by atoms with Gasteiger partial charge in [0, 0.05) is 15.2 Å². The second-order valence-corrected chi connectivity index (χ2v) is 6.96. The molecule has 0 unspecified atom stereocenters. The largest absolute Gasteiger partial charge is 0.422 e. The summed E-state index contributed by atoms with van der Waals surface area (Å²) in [5.41, 5.74) is 1.65. The zero-order valence-electron chi connectivity index (χ0n) is 13.6. The number of ether oxygens (including phenoxy) is 1. The van der Waals surface area contributed by atoms with Gasteiger partial charge >= 0.3 is 5.97 Å². The molecule has 0 aliphatic rings. The Labute approximate surface area is 154 Å². The van der Waals surface area contributed by atoms with E-state index in [0.717, 1.165) is 31.6 Å². The molecular formula is C22H15BrO2. The first-order chi connectivity index (χ1) is 12.1. The van der Waals surface area contributed by atoms with Crippen molar-refractivity contribution in [3.05, 3.63) is 88.4 Å². The normalized spacial score (nSPS) is 11.0. The molecule has 0 amide bonds. The van der Waals surface area contributed by atoms with E-state index in [4.69, 9.17) is 4.74 Å². The first-order valence-corrected chi connectivity index (χ1v) is 8.81. The number of carbonyl (C=O) groups is 1. The average molecular weight is 391 g/mol. The van der Waals surface area contributed by atoms with Crippen molar-refractivity contribution in [3.8, 4) is 5.75 Å². The Balaban J connectivity index is 1.89. The van der Waals surface area contributed by atoms with Crippen molar-refractivity contribution < 1.29 is 9.53 Å². The quantitative estimate of drug-likeness (QED) is 0.228. The Morgan fingerprint density at radius 3 is 2.36 bits per heavy atom. The number of esters is 1. The molecule has 0 aliphatic heterocycles. The van der Waals surface area contributed by atoms with Crippen LogP contribution < -0.4 is 4.74 Å². The molecule has 0 radical (unpaired) electrons. The van der Waals surface area contributed by atoms with Gasteiger partial charge in [0.25, 0.3) is 0 Å². The molecule has 4 rings (SSSR count). The standard InChI is InChI=1S/C22H15BrO2/c1-14-6-8-15(9-7-14)22(24)25-21-19-5-3-2-4-16(19)12-17-10-11-18(23)13-20(17)21/h2-13H,1H3. The molecule has 0 aliphatic carbocycles. The highest BCUT2D eigenvalue weighted by Gasteiger charge is 2.15. The van der Waals surface area contributed by atoms with Gasteiger partial charge in [0.1, 0.15) is 5.75 Å². The topological polar surface area (TPSA) is 26.3 Å². The first-order valence-electron chi connectivity index (χ1n) is 8.02. The van der Waals surface area contributed by atoms with E-state index < -0.39 is 0 Å². The fourth-order valence-corrected chi connectivity index (χ4v) is 3.31. The summed E-state index contributed by atoms with van der Waals surface area (Å²) in [6.07, 6.45) is 0. The second kappa shape index (κ2) is 6.34. The van der Waals surface area contributed by atoms with Gasteiger partial charge in [0.15, 0.2) is 0 Å². The number of aryl methyl sites for hydroxylation is 1. The summed E-state index contributed by atoms with van der Waals surface area (Å²) >= 11 is 3.51. The molecule has 0 saturated carbocycles. The van der Waals surface area contributed by atoms with Crippen LogP contribution in [0.2, 0.25) is 0 Å². The van der Waals surface area contributed by atoms with Crippen molar-refractivity contribution in [3.63, 3.8) is 0 Å². The van der Waals surface area contributed by atoms with Gasteiger partial charge in [-0.05, 0) is 48.0 Å². The summed E-state index contributed by atoms with van der Waals surface area (Å²) in [6.45, 7) is 1.99. The van der Waals surface area contributed by atoms with E-state index in [-0.39, 0.29) is 5.97 Å². The molecule has 0 heterocycles. The van der Waals surface area contributed by atoms with E-state index in [1.807, 2.05) is 61.5 Å². The van der Waals surface area contributed by atoms with E-state index in [1.165, 1.54) is 0 Å². The molecule has 0 saturated heterocycles. The van der Waals surface area contributed by atoms with Crippen LogP contribution >= 0.6 is 15.9 Å². The van der Waals surface area contributed by atoms with Crippen LogP contribution in [0.3, 0.4) is 0 Å². The summed E-state index contributed by atoms with van der Waals surface area (Å²) in [5, 5.41) is 3.92. The number of halogens is 1. The number of hydrogen-bond donors (Lipinski definition) is 0. The van der Waals surface area contributed by atoms with Crippen molar-refractivity contribution in [1.29, 1.82) is 0 Å². The highest BCUT2D eigenvalue weighted by Crippen LogP contribution is 2.36. The molecule has 0 bridgehead atoms. The molecule has 0 fully saturated rings. The van der Waals surface area contributed by atoms with Gasteiger partial charge < -0.3 is 4.74 Å². The molecule has 4 aromatic carbocycles. The van der Waals surface area contributed by atoms with Crippen LogP contribution in [0.4, 0.5) is 0 Å². The summed E-state index contributed by atoms with van der Waals surface area (Å²) in [6, 6.07) is 23.5. The highest BCUT2D eigenvalue weighted by molar-refractivity contribution is 9.10. The van der Waals surface area contributed by atoms with E-state index >= 15 is 0 Å². The molecule has 2 nitrogen and oxygen atoms in total. The molecule has 122 valence electrons. The van der Waals surface area contributed by atoms with Gasteiger partial charge in [0.05, 0.1) is 5.56 Å². The van der Waals surface area contributed by atoms with Crippen molar-refractivity contribution in [1.82, 2.24) is 0 Å². The average Bonchev–Trinajstić information content (AvgIpc) is 2.62. The van der Waals surface area contributed by atoms with Gasteiger partial charge in [-0.3, -0.25) is 0 Å². The molecule has 0 atom stereocenters. The lowest BCUT2D eigenvalue weighted by molar-refractivity contribution is 0.0739. The Morgan fingerprint density at radius 2 is 1.56 bits per heavy atom. The SMILES string of the molecule is Cc1ccc(C(=O)Oc2c3ccccc3cc3ccc(Br)cc23)cc1. The van der Waals surface area contributed by atoms with Crippen LogP contribution in [0.25, 0.3) is 21.5 Å². The number of fused-ring (bicyclic) bond motifs is 2. The maximum absolute atomic E-state index is 12.7. The lowest BCUT2D eigenvalue weighted by Crippen LogP contribution is -2.09. The Hall–Kier alpha value is -2.65. The van der Waals surface area contributed by atoms with Crippen LogP contribution in [0, 0.1) is 6.92 Å². The highest BCUT2D eigenvalue weighted by atomic mass is 79.9.